The van der Waals surface area contributed by atoms with Crippen molar-refractivity contribution in [3.8, 4) is 0 Å². The Labute approximate surface area is 188 Å². The monoisotopic (exact) mass is 455 g/mol. The fourth-order valence-electron chi connectivity index (χ4n) is 4.19. The van der Waals surface area contributed by atoms with E-state index >= 15 is 0 Å². The molecule has 1 atom stereocenters. The summed E-state index contributed by atoms with van der Waals surface area (Å²) in [7, 11) is 0. The molecule has 1 amide bonds. The molecule has 1 aliphatic carbocycles. The third-order valence-corrected chi connectivity index (χ3v) is 5.97. The summed E-state index contributed by atoms with van der Waals surface area (Å²) in [5.41, 5.74) is 2.34. The number of carbonyl (C=O) groups excluding carboxylic acids is 2. The molecule has 0 spiro atoms. The van der Waals surface area contributed by atoms with Gasteiger partial charge in [-0.1, -0.05) is 11.6 Å². The van der Waals surface area contributed by atoms with Crippen molar-refractivity contribution < 1.29 is 18.9 Å². The number of nitrogens with zero attached hydrogens (tertiary/aromatic N) is 1. The minimum absolute atomic E-state index is 0.133. The second-order valence-electron chi connectivity index (χ2n) is 7.69. The maximum absolute atomic E-state index is 13.3. The SMILES string of the molecule is CC1=C(C(=O)Nc2ccc(F)cc2)C(c2cc([N+](=O)[O-])ccc2Cl)C2=C(CCCC2=O)N1. The fraction of sp³-hybridized carbons (Fsp3) is 0.217. The van der Waals surface area contributed by atoms with Crippen molar-refractivity contribution in [2.75, 3.05) is 5.32 Å². The lowest BCUT2D eigenvalue weighted by Gasteiger charge is -2.34. The Morgan fingerprint density at radius 1 is 1.22 bits per heavy atom. The van der Waals surface area contributed by atoms with Crippen LogP contribution in [-0.4, -0.2) is 16.6 Å². The van der Waals surface area contributed by atoms with E-state index in [2.05, 4.69) is 10.6 Å². The molecule has 0 saturated carbocycles. The first kappa shape index (κ1) is 21.7. The fourth-order valence-corrected chi connectivity index (χ4v) is 4.42. The molecule has 2 aromatic carbocycles. The average molecular weight is 456 g/mol. The molecule has 1 unspecified atom stereocenters. The molecular formula is C23H19ClFN3O4. The molecule has 0 saturated heterocycles. The van der Waals surface area contributed by atoms with Crippen LogP contribution in [0.5, 0.6) is 0 Å². The Hall–Kier alpha value is -3.52. The van der Waals surface area contributed by atoms with Crippen LogP contribution in [0.1, 0.15) is 37.7 Å². The molecule has 9 heteroatoms. The first-order chi connectivity index (χ1) is 15.3. The summed E-state index contributed by atoms with van der Waals surface area (Å²) in [6.07, 6.45) is 1.61. The summed E-state index contributed by atoms with van der Waals surface area (Å²) in [6.45, 7) is 1.71. The predicted octanol–water partition coefficient (Wildman–Crippen LogP) is 4.99. The second-order valence-corrected chi connectivity index (χ2v) is 8.10. The zero-order valence-electron chi connectivity index (χ0n) is 17.1. The summed E-state index contributed by atoms with van der Waals surface area (Å²) in [4.78, 5) is 37.1. The highest BCUT2D eigenvalue weighted by Crippen LogP contribution is 2.45. The number of nitrogens with one attached hydrogen (secondary N) is 2. The Balaban J connectivity index is 1.85. The van der Waals surface area contributed by atoms with Crippen LogP contribution in [0, 0.1) is 15.9 Å². The van der Waals surface area contributed by atoms with E-state index in [1.807, 2.05) is 0 Å². The number of nitro benzene ring substituents is 1. The molecule has 0 radical (unpaired) electrons. The molecule has 1 heterocycles. The summed E-state index contributed by atoms with van der Waals surface area (Å²) >= 11 is 6.44. The lowest BCUT2D eigenvalue weighted by atomic mass is 9.75. The number of hydrogen-bond donors (Lipinski definition) is 2. The van der Waals surface area contributed by atoms with Gasteiger partial charge in [0.25, 0.3) is 11.6 Å². The van der Waals surface area contributed by atoms with Crippen molar-refractivity contribution in [2.45, 2.75) is 32.1 Å². The van der Waals surface area contributed by atoms with E-state index < -0.39 is 22.6 Å². The van der Waals surface area contributed by atoms with Crippen LogP contribution in [-0.2, 0) is 9.59 Å². The van der Waals surface area contributed by atoms with Crippen LogP contribution in [0.4, 0.5) is 15.8 Å². The van der Waals surface area contributed by atoms with Gasteiger partial charge < -0.3 is 10.6 Å². The summed E-state index contributed by atoms with van der Waals surface area (Å²) < 4.78 is 13.3. The Kier molecular flexibility index (Phi) is 5.80. The Bertz CT molecular complexity index is 1200. The number of hydrogen-bond acceptors (Lipinski definition) is 5. The molecule has 2 aliphatic rings. The lowest BCUT2D eigenvalue weighted by molar-refractivity contribution is -0.384. The normalized spacial score (nSPS) is 18.2. The molecule has 2 aromatic rings. The first-order valence-corrected chi connectivity index (χ1v) is 10.4. The minimum Gasteiger partial charge on any atom is -0.362 e. The van der Waals surface area contributed by atoms with E-state index in [9.17, 15) is 24.1 Å². The highest BCUT2D eigenvalue weighted by atomic mass is 35.5. The lowest BCUT2D eigenvalue weighted by Crippen LogP contribution is -2.35. The van der Waals surface area contributed by atoms with E-state index in [0.29, 0.717) is 47.5 Å². The number of benzene rings is 2. The molecule has 1 aliphatic heterocycles. The van der Waals surface area contributed by atoms with Crippen LogP contribution >= 0.6 is 11.6 Å². The number of Topliss-reactive ketones (excluding diaryl/α,β-unsaturated/α-hetero) is 1. The third-order valence-electron chi connectivity index (χ3n) is 5.62. The molecule has 0 fully saturated rings. The van der Waals surface area contributed by atoms with E-state index in [0.717, 1.165) is 0 Å². The van der Waals surface area contributed by atoms with Crippen LogP contribution in [0.25, 0.3) is 0 Å². The van der Waals surface area contributed by atoms with E-state index in [4.69, 9.17) is 11.6 Å². The molecule has 0 bridgehead atoms. The van der Waals surface area contributed by atoms with Crippen molar-refractivity contribution in [3.05, 3.63) is 91.5 Å². The van der Waals surface area contributed by atoms with Crippen LogP contribution in [0.3, 0.4) is 0 Å². The second kappa shape index (κ2) is 8.55. The number of ketones is 1. The number of carbonyl (C=O) groups is 2. The number of nitro groups is 1. The van der Waals surface area contributed by atoms with Gasteiger partial charge in [0.1, 0.15) is 5.82 Å². The van der Waals surface area contributed by atoms with Crippen molar-refractivity contribution in [2.24, 2.45) is 0 Å². The Morgan fingerprint density at radius 3 is 2.62 bits per heavy atom. The summed E-state index contributed by atoms with van der Waals surface area (Å²) in [5.74, 6) is -1.96. The number of non-ortho nitro benzene ring substituents is 1. The van der Waals surface area contributed by atoms with Gasteiger partial charge in [-0.3, -0.25) is 19.7 Å². The zero-order chi connectivity index (χ0) is 23.0. The maximum Gasteiger partial charge on any atom is 0.269 e. The van der Waals surface area contributed by atoms with Gasteiger partial charge in [-0.2, -0.15) is 0 Å². The van der Waals surface area contributed by atoms with Gasteiger partial charge >= 0.3 is 0 Å². The number of anilines is 1. The number of halogens is 2. The minimum atomic E-state index is -0.869. The molecule has 164 valence electrons. The van der Waals surface area contributed by atoms with Crippen LogP contribution in [0.15, 0.2) is 65.0 Å². The van der Waals surface area contributed by atoms with E-state index in [1.165, 1.54) is 42.5 Å². The van der Waals surface area contributed by atoms with Gasteiger partial charge in [-0.05, 0) is 55.7 Å². The summed E-state index contributed by atoms with van der Waals surface area (Å²) in [5, 5.41) is 17.5. The maximum atomic E-state index is 13.3. The van der Waals surface area contributed by atoms with Crippen LogP contribution in [0.2, 0.25) is 5.02 Å². The zero-order valence-corrected chi connectivity index (χ0v) is 17.8. The molecule has 7 nitrogen and oxygen atoms in total. The number of amides is 1. The smallest absolute Gasteiger partial charge is 0.269 e. The van der Waals surface area contributed by atoms with Crippen molar-refractivity contribution >= 4 is 34.7 Å². The van der Waals surface area contributed by atoms with Gasteiger partial charge in [0.15, 0.2) is 5.78 Å². The van der Waals surface area contributed by atoms with E-state index in [1.54, 1.807) is 6.92 Å². The average Bonchev–Trinajstić information content (AvgIpc) is 2.74. The largest absolute Gasteiger partial charge is 0.362 e. The third kappa shape index (κ3) is 4.01. The van der Waals surface area contributed by atoms with Gasteiger partial charge in [0.2, 0.25) is 0 Å². The predicted molar refractivity (Wildman–Crippen MR) is 118 cm³/mol. The molecule has 2 N–H and O–H groups in total. The Morgan fingerprint density at radius 2 is 1.94 bits per heavy atom. The summed E-state index contributed by atoms with van der Waals surface area (Å²) in [6, 6.07) is 9.27. The molecular weight excluding hydrogens is 437 g/mol. The standard InChI is InChI=1S/C23H19ClFN3O4/c1-12-20(23(30)27-14-7-5-13(25)6-8-14)21(22-18(26-12)3-2-4-19(22)29)16-11-15(28(31)32)9-10-17(16)24/h5-11,21,26H,2-4H2,1H3,(H,27,30). The molecule has 32 heavy (non-hydrogen) atoms. The highest BCUT2D eigenvalue weighted by molar-refractivity contribution is 6.31. The van der Waals surface area contributed by atoms with Gasteiger partial charge in [-0.25, -0.2) is 4.39 Å². The van der Waals surface area contributed by atoms with Gasteiger partial charge in [0, 0.05) is 57.7 Å². The van der Waals surface area contributed by atoms with Crippen molar-refractivity contribution in [1.82, 2.24) is 5.32 Å². The number of dihydropyridines is 1. The number of allylic oxidation sites excluding steroid dienone is 3. The van der Waals surface area contributed by atoms with Crippen molar-refractivity contribution in [1.29, 1.82) is 0 Å². The molecule has 0 aromatic heterocycles. The molecule has 4 rings (SSSR count). The topological polar surface area (TPSA) is 101 Å². The van der Waals surface area contributed by atoms with Gasteiger partial charge in [0.05, 0.1) is 4.92 Å². The van der Waals surface area contributed by atoms with E-state index in [-0.39, 0.29) is 22.1 Å². The van der Waals surface area contributed by atoms with Gasteiger partial charge in [-0.15, -0.1) is 0 Å². The van der Waals surface area contributed by atoms with Crippen LogP contribution < -0.4 is 10.6 Å². The first-order valence-electron chi connectivity index (χ1n) is 10.0. The van der Waals surface area contributed by atoms with Crippen molar-refractivity contribution in [3.63, 3.8) is 0 Å². The highest BCUT2D eigenvalue weighted by Gasteiger charge is 2.39. The quantitative estimate of drug-likeness (QED) is 0.499. The number of rotatable bonds is 4.